The number of carbonyl (C=O) groups is 3. The molecule has 2 saturated heterocycles. The Bertz CT molecular complexity index is 514. The van der Waals surface area contributed by atoms with Crippen molar-refractivity contribution in [1.82, 2.24) is 15.5 Å². The molecular weight excluding hydrogens is 270 g/mol. The molecule has 4 amide bonds. The van der Waals surface area contributed by atoms with Gasteiger partial charge in [0.05, 0.1) is 6.54 Å². The summed E-state index contributed by atoms with van der Waals surface area (Å²) in [6.07, 6.45) is 8.37. The second kappa shape index (κ2) is 5.50. The summed E-state index contributed by atoms with van der Waals surface area (Å²) in [5, 5.41) is 4.98. The highest BCUT2D eigenvalue weighted by molar-refractivity contribution is 6.07. The lowest BCUT2D eigenvalue weighted by molar-refractivity contribution is -0.135. The van der Waals surface area contributed by atoms with E-state index < -0.39 is 11.6 Å². The van der Waals surface area contributed by atoms with Crippen LogP contribution in [-0.2, 0) is 9.59 Å². The zero-order valence-corrected chi connectivity index (χ0v) is 12.1. The molecule has 1 unspecified atom stereocenters. The van der Waals surface area contributed by atoms with Gasteiger partial charge in [-0.2, -0.15) is 0 Å². The van der Waals surface area contributed by atoms with Gasteiger partial charge in [0.2, 0.25) is 5.91 Å². The Kier molecular flexibility index (Phi) is 3.69. The first-order chi connectivity index (χ1) is 10.1. The molecule has 2 aliphatic heterocycles. The van der Waals surface area contributed by atoms with Crippen LogP contribution in [0.5, 0.6) is 0 Å². The number of nitrogens with one attached hydrogen (secondary N) is 2. The Morgan fingerprint density at radius 1 is 1.29 bits per heavy atom. The van der Waals surface area contributed by atoms with E-state index in [9.17, 15) is 14.4 Å². The number of amides is 4. The molecule has 1 aliphatic carbocycles. The van der Waals surface area contributed by atoms with Crippen molar-refractivity contribution >= 4 is 17.8 Å². The number of imide groups is 1. The number of piperidine rings is 1. The Hall–Kier alpha value is -1.85. The average molecular weight is 291 g/mol. The number of likely N-dealkylation sites (tertiary alicyclic amines) is 1. The number of rotatable bonds is 2. The van der Waals surface area contributed by atoms with E-state index in [0.29, 0.717) is 19.4 Å². The maximum Gasteiger partial charge on any atom is 0.322 e. The number of nitrogens with zero attached hydrogens (tertiary/aromatic N) is 1. The van der Waals surface area contributed by atoms with E-state index in [4.69, 9.17) is 0 Å². The Morgan fingerprint density at radius 3 is 2.81 bits per heavy atom. The van der Waals surface area contributed by atoms with E-state index in [0.717, 1.165) is 25.7 Å². The summed E-state index contributed by atoms with van der Waals surface area (Å²) < 4.78 is 0. The van der Waals surface area contributed by atoms with E-state index >= 15 is 0 Å². The average Bonchev–Trinajstić information content (AvgIpc) is 2.74. The van der Waals surface area contributed by atoms with E-state index in [1.165, 1.54) is 12.0 Å². The predicted octanol–water partition coefficient (Wildman–Crippen LogP) is 1.08. The van der Waals surface area contributed by atoms with Gasteiger partial charge >= 0.3 is 6.03 Å². The second-order valence-corrected chi connectivity index (χ2v) is 6.19. The highest BCUT2D eigenvalue weighted by Crippen LogP contribution is 2.26. The van der Waals surface area contributed by atoms with E-state index in [1.807, 2.05) is 0 Å². The van der Waals surface area contributed by atoms with E-state index in [2.05, 4.69) is 16.7 Å². The first-order valence-corrected chi connectivity index (χ1v) is 7.68. The first kappa shape index (κ1) is 14.1. The molecule has 0 aromatic heterocycles. The zero-order valence-electron chi connectivity index (χ0n) is 12.1. The van der Waals surface area contributed by atoms with Gasteiger partial charge in [-0.25, -0.2) is 4.79 Å². The molecule has 0 bridgehead atoms. The van der Waals surface area contributed by atoms with Crippen molar-refractivity contribution in [2.75, 3.05) is 13.1 Å². The van der Waals surface area contributed by atoms with Gasteiger partial charge < -0.3 is 10.2 Å². The van der Waals surface area contributed by atoms with E-state index in [-0.39, 0.29) is 18.4 Å². The minimum atomic E-state index is -0.911. The van der Waals surface area contributed by atoms with Crippen molar-refractivity contribution in [3.8, 4) is 0 Å². The van der Waals surface area contributed by atoms with Crippen molar-refractivity contribution in [3.63, 3.8) is 0 Å². The summed E-state index contributed by atoms with van der Waals surface area (Å²) in [6, 6.07) is -0.454. The van der Waals surface area contributed by atoms with Crippen LogP contribution in [0.1, 0.15) is 44.9 Å². The minimum Gasteiger partial charge on any atom is -0.340 e. The summed E-state index contributed by atoms with van der Waals surface area (Å²) in [5.41, 5.74) is 0.303. The summed E-state index contributed by atoms with van der Waals surface area (Å²) in [7, 11) is 0. The highest BCUT2D eigenvalue weighted by Gasteiger charge is 2.49. The second-order valence-electron chi connectivity index (χ2n) is 6.19. The van der Waals surface area contributed by atoms with Crippen molar-refractivity contribution in [2.24, 2.45) is 0 Å². The molecule has 3 aliphatic rings. The van der Waals surface area contributed by atoms with Crippen LogP contribution in [0.4, 0.5) is 4.79 Å². The van der Waals surface area contributed by atoms with Crippen molar-refractivity contribution < 1.29 is 14.4 Å². The summed E-state index contributed by atoms with van der Waals surface area (Å²) in [5.74, 6) is -0.238. The van der Waals surface area contributed by atoms with Crippen LogP contribution in [0.25, 0.3) is 0 Å². The predicted molar refractivity (Wildman–Crippen MR) is 76.4 cm³/mol. The summed E-state index contributed by atoms with van der Waals surface area (Å²) in [4.78, 5) is 37.5. The van der Waals surface area contributed by atoms with Gasteiger partial charge in [-0.05, 0) is 38.5 Å². The van der Waals surface area contributed by atoms with Crippen LogP contribution in [0, 0.1) is 0 Å². The van der Waals surface area contributed by atoms with Crippen LogP contribution in [0.2, 0.25) is 0 Å². The van der Waals surface area contributed by atoms with Gasteiger partial charge in [-0.15, -0.1) is 0 Å². The van der Waals surface area contributed by atoms with Crippen LogP contribution in [0.15, 0.2) is 11.6 Å². The smallest absolute Gasteiger partial charge is 0.322 e. The lowest BCUT2D eigenvalue weighted by Crippen LogP contribution is -2.59. The molecular formula is C15H21N3O3. The standard InChI is InChI=1S/C15H21N3O3/c19-12(9-11-5-2-1-3-6-11)18-8-4-7-15(10-18)13(20)16-14(21)17-15/h5H,1-4,6-10H2,(H2,16,17,20,21). The third-order valence-corrected chi connectivity index (χ3v) is 4.62. The lowest BCUT2D eigenvalue weighted by atomic mass is 9.88. The number of hydrogen-bond donors (Lipinski definition) is 2. The zero-order chi connectivity index (χ0) is 14.9. The Balaban J connectivity index is 1.65. The molecule has 3 rings (SSSR count). The van der Waals surface area contributed by atoms with Gasteiger partial charge in [0.25, 0.3) is 5.91 Å². The topological polar surface area (TPSA) is 78.5 Å². The molecule has 0 aromatic rings. The molecule has 0 aromatic carbocycles. The lowest BCUT2D eigenvalue weighted by Gasteiger charge is -2.38. The molecule has 1 atom stereocenters. The van der Waals surface area contributed by atoms with Crippen LogP contribution >= 0.6 is 0 Å². The fourth-order valence-corrected chi connectivity index (χ4v) is 3.46. The van der Waals surface area contributed by atoms with E-state index in [1.54, 1.807) is 4.90 Å². The fraction of sp³-hybridized carbons (Fsp3) is 0.667. The molecule has 2 fully saturated rings. The largest absolute Gasteiger partial charge is 0.340 e. The summed E-state index contributed by atoms with van der Waals surface area (Å²) in [6.45, 7) is 0.952. The molecule has 2 N–H and O–H groups in total. The van der Waals surface area contributed by atoms with Gasteiger partial charge in [0, 0.05) is 13.0 Å². The number of urea groups is 1. The van der Waals surface area contributed by atoms with Crippen molar-refractivity contribution in [3.05, 3.63) is 11.6 Å². The molecule has 21 heavy (non-hydrogen) atoms. The van der Waals surface area contributed by atoms with Crippen molar-refractivity contribution in [1.29, 1.82) is 0 Å². The van der Waals surface area contributed by atoms with Crippen molar-refractivity contribution in [2.45, 2.75) is 50.5 Å². The number of hydrogen-bond acceptors (Lipinski definition) is 3. The monoisotopic (exact) mass is 291 g/mol. The number of carbonyl (C=O) groups excluding carboxylic acids is 3. The van der Waals surface area contributed by atoms with Gasteiger partial charge in [-0.1, -0.05) is 11.6 Å². The maximum absolute atomic E-state index is 12.4. The molecule has 1 spiro atoms. The maximum atomic E-state index is 12.4. The van der Waals surface area contributed by atoms with Crippen LogP contribution < -0.4 is 10.6 Å². The first-order valence-electron chi connectivity index (χ1n) is 7.68. The quantitative estimate of drug-likeness (QED) is 0.590. The SMILES string of the molecule is O=C1NC(=O)C2(CCCN(C(=O)CC3=CCCCC3)C2)N1. The fourth-order valence-electron chi connectivity index (χ4n) is 3.46. The van der Waals surface area contributed by atoms with Crippen LogP contribution in [-0.4, -0.2) is 41.4 Å². The minimum absolute atomic E-state index is 0.0659. The van der Waals surface area contributed by atoms with Gasteiger partial charge in [0.15, 0.2) is 0 Å². The summed E-state index contributed by atoms with van der Waals surface area (Å²) >= 11 is 0. The van der Waals surface area contributed by atoms with Gasteiger partial charge in [0.1, 0.15) is 5.54 Å². The van der Waals surface area contributed by atoms with Crippen LogP contribution in [0.3, 0.4) is 0 Å². The molecule has 0 radical (unpaired) electrons. The molecule has 6 heteroatoms. The normalized spacial score (nSPS) is 29.1. The highest BCUT2D eigenvalue weighted by atomic mass is 16.2. The molecule has 114 valence electrons. The molecule has 6 nitrogen and oxygen atoms in total. The molecule has 0 saturated carbocycles. The third kappa shape index (κ3) is 2.80. The Labute approximate surface area is 123 Å². The van der Waals surface area contributed by atoms with Gasteiger partial charge in [-0.3, -0.25) is 14.9 Å². The Morgan fingerprint density at radius 2 is 2.14 bits per heavy atom. The third-order valence-electron chi connectivity index (χ3n) is 4.62. The number of allylic oxidation sites excluding steroid dienone is 1. The molecule has 2 heterocycles.